The molecule has 10 heterocycles. The molecular formula is C68H61ClF6N14O6S2. The molecule has 2 aliphatic rings. The summed E-state index contributed by atoms with van der Waals surface area (Å²) >= 11 is 6.19. The lowest BCUT2D eigenvalue weighted by Crippen LogP contribution is -2.34. The maximum absolute atomic E-state index is 14.1. The molecule has 0 bridgehead atoms. The Morgan fingerprint density at radius 1 is 0.505 bits per heavy atom. The van der Waals surface area contributed by atoms with Crippen molar-refractivity contribution in [1.29, 1.82) is 0 Å². The number of methoxy groups -OCH3 is 2. The van der Waals surface area contributed by atoms with Crippen LogP contribution in [0.4, 0.5) is 32.2 Å². The van der Waals surface area contributed by atoms with Gasteiger partial charge < -0.3 is 29.7 Å². The molecule has 0 radical (unpaired) electrons. The molecule has 3 N–H and O–H groups in total. The Kier molecular flexibility index (Phi) is 19.1. The number of rotatable bonds is 13. The van der Waals surface area contributed by atoms with E-state index in [9.17, 15) is 43.2 Å². The Labute approximate surface area is 558 Å². The monoisotopic (exact) mass is 1380 g/mol. The van der Waals surface area contributed by atoms with Crippen LogP contribution in [-0.4, -0.2) is 115 Å². The summed E-state index contributed by atoms with van der Waals surface area (Å²) in [4.78, 5) is 41.5. The fraction of sp³-hybridized carbons (Fsp3) is 0.235. The molecule has 20 nitrogen and oxygen atoms in total. The first kappa shape index (κ1) is 67.0. The van der Waals surface area contributed by atoms with Gasteiger partial charge in [0.2, 0.25) is 11.8 Å². The molecule has 29 heteroatoms. The average Bonchev–Trinajstić information content (AvgIpc) is 1.61. The van der Waals surface area contributed by atoms with Crippen LogP contribution in [0.25, 0.3) is 67.1 Å². The van der Waals surface area contributed by atoms with E-state index in [0.717, 1.165) is 37.1 Å². The number of aromatic nitrogens is 12. The fourth-order valence-corrected chi connectivity index (χ4v) is 14.9. The Hall–Kier alpha value is -10.0. The van der Waals surface area contributed by atoms with Gasteiger partial charge in [-0.15, -0.1) is 0 Å². The van der Waals surface area contributed by atoms with Gasteiger partial charge in [-0.3, -0.25) is 0 Å². The van der Waals surface area contributed by atoms with Crippen LogP contribution in [0.5, 0.6) is 11.8 Å². The van der Waals surface area contributed by atoms with Gasteiger partial charge in [0.15, 0.2) is 11.3 Å². The van der Waals surface area contributed by atoms with Crippen LogP contribution in [0.2, 0.25) is 5.15 Å². The van der Waals surface area contributed by atoms with Crippen LogP contribution in [-0.2, 0) is 32.4 Å². The first-order valence-corrected chi connectivity index (χ1v) is 33.7. The smallest absolute Gasteiger partial charge is 0.433 e. The lowest BCUT2D eigenvalue weighted by molar-refractivity contribution is -0.141. The molecule has 0 spiro atoms. The topological polar surface area (TPSA) is 247 Å². The molecule has 0 amide bonds. The summed E-state index contributed by atoms with van der Waals surface area (Å²) in [6, 6.07) is 40.1. The largest absolute Gasteiger partial charge is 0.481 e. The normalized spacial score (nSPS) is 14.2. The third-order valence-electron chi connectivity index (χ3n) is 16.7. The number of aryl methyl sites for hydroxylation is 2. The van der Waals surface area contributed by atoms with Crippen LogP contribution in [0, 0.1) is 13.8 Å². The van der Waals surface area contributed by atoms with Gasteiger partial charge in [-0.2, -0.15) is 26.3 Å². The Balaban J connectivity index is 0.000000154. The van der Waals surface area contributed by atoms with Crippen molar-refractivity contribution in [3.8, 4) is 56.8 Å². The minimum atomic E-state index is -4.59. The van der Waals surface area contributed by atoms with Crippen LogP contribution in [0.1, 0.15) is 71.7 Å². The number of hydrogen-bond donors (Lipinski definition) is 3. The summed E-state index contributed by atoms with van der Waals surface area (Å²) in [6.07, 6.45) is -0.782. The molecule has 0 saturated carbocycles. The lowest BCUT2D eigenvalue weighted by atomic mass is 9.96. The molecule has 0 atom stereocenters. The van der Waals surface area contributed by atoms with Crippen molar-refractivity contribution in [2.24, 2.45) is 0 Å². The summed E-state index contributed by atoms with van der Waals surface area (Å²) in [5.74, 6) is 1.75. The summed E-state index contributed by atoms with van der Waals surface area (Å²) in [7, 11) is -5.07. The van der Waals surface area contributed by atoms with Gasteiger partial charge in [0, 0.05) is 71.7 Å². The molecule has 14 rings (SSSR count). The van der Waals surface area contributed by atoms with Crippen LogP contribution in [0.15, 0.2) is 180 Å². The number of H-pyrrole nitrogens is 2. The van der Waals surface area contributed by atoms with Crippen LogP contribution >= 0.6 is 11.6 Å². The highest BCUT2D eigenvalue weighted by Gasteiger charge is 2.40. The summed E-state index contributed by atoms with van der Waals surface area (Å²) in [5, 5.41) is 4.33. The number of nitrogens with one attached hydrogen (secondary N) is 3. The first-order valence-electron chi connectivity index (χ1n) is 30.5. The van der Waals surface area contributed by atoms with Gasteiger partial charge in [0.1, 0.15) is 58.1 Å². The number of alkyl halides is 6. The van der Waals surface area contributed by atoms with Crippen LogP contribution < -0.4 is 19.7 Å². The maximum atomic E-state index is 14.1. The zero-order chi connectivity index (χ0) is 68.4. The number of halogens is 7. The van der Waals surface area contributed by atoms with Crippen molar-refractivity contribution < 1.29 is 52.7 Å². The van der Waals surface area contributed by atoms with Gasteiger partial charge in [0.05, 0.1) is 46.2 Å². The van der Waals surface area contributed by atoms with Crippen molar-refractivity contribution in [3.63, 3.8) is 0 Å². The van der Waals surface area contributed by atoms with E-state index in [2.05, 4.69) is 55.2 Å². The molecule has 8 aromatic heterocycles. The van der Waals surface area contributed by atoms with Gasteiger partial charge in [-0.05, 0) is 101 Å². The van der Waals surface area contributed by atoms with Crippen molar-refractivity contribution >= 4 is 59.5 Å². The van der Waals surface area contributed by atoms with Gasteiger partial charge in [-0.25, -0.2) is 64.7 Å². The number of ether oxygens (including phenoxy) is 2. The number of aromatic amines is 2. The number of imidazole rings is 2. The van der Waals surface area contributed by atoms with E-state index >= 15 is 0 Å². The van der Waals surface area contributed by atoms with E-state index in [1.165, 1.54) is 65.3 Å². The highest BCUT2D eigenvalue weighted by molar-refractivity contribution is 7.90. The summed E-state index contributed by atoms with van der Waals surface area (Å²) < 4.78 is 150. The quantitative estimate of drug-likeness (QED) is 0.0717. The molecule has 0 unspecified atom stereocenters. The fourth-order valence-electron chi connectivity index (χ4n) is 11.7. The van der Waals surface area contributed by atoms with Gasteiger partial charge >= 0.3 is 12.4 Å². The molecule has 12 aromatic rings. The molecule has 2 aliphatic heterocycles. The standard InChI is InChI=1S/C34H30F3N7O3S.C18H13ClN4O3S.C16H18F3N3/c1-21-8-10-22(11-9-21)29-30(34(35,36)37)42-31(41-29)23-13-16-43(17-14-23)32-26-19-27(24-12-15-38-28(18-24)47-2)44(33(26)40-20-39-32)48(45,46)25-6-4-3-5-7-25;1-26-16-9-12(7-8-20-16)15-10-14-17(19)21-11-22-18(14)23(15)27(24,25)13-5-3-2-4-6-13;1-10-2-4-11(5-3-10)13-14(16(17,18)19)22-15(21-13)12-6-8-20-9-7-12/h3-12,15,18-20,23H,13-14,16-17H2,1-2H3,(H,41,42);2-11H,1H3;2-5,12,20H,6-9H2,1H3,(H,21,22). The van der Waals surface area contributed by atoms with E-state index in [1.54, 1.807) is 128 Å². The zero-order valence-corrected chi connectivity index (χ0v) is 54.7. The van der Waals surface area contributed by atoms with E-state index < -0.39 is 43.8 Å². The van der Waals surface area contributed by atoms with Gasteiger partial charge in [-0.1, -0.05) is 108 Å². The summed E-state index contributed by atoms with van der Waals surface area (Å²) in [6.45, 7) is 6.30. The second-order valence-corrected chi connectivity index (χ2v) is 26.9. The minimum Gasteiger partial charge on any atom is -0.481 e. The van der Waals surface area contributed by atoms with E-state index in [0.29, 0.717) is 99.6 Å². The maximum Gasteiger partial charge on any atom is 0.433 e. The number of nitrogens with zero attached hydrogens (tertiary/aromatic N) is 11. The first-order chi connectivity index (χ1) is 46.5. The molecule has 2 fully saturated rings. The number of pyridine rings is 2. The number of hydrogen-bond acceptors (Lipinski definition) is 16. The van der Waals surface area contributed by atoms with Crippen molar-refractivity contribution in [3.05, 3.63) is 210 Å². The van der Waals surface area contributed by atoms with E-state index in [-0.39, 0.29) is 49.5 Å². The Morgan fingerprint density at radius 3 is 1.37 bits per heavy atom. The lowest BCUT2D eigenvalue weighted by Gasteiger charge is -2.32. The molecule has 2 saturated heterocycles. The van der Waals surface area contributed by atoms with Gasteiger partial charge in [0.25, 0.3) is 20.0 Å². The Morgan fingerprint density at radius 2 is 0.928 bits per heavy atom. The molecular weight excluding hydrogens is 1320 g/mol. The number of anilines is 1. The van der Waals surface area contributed by atoms with Crippen molar-refractivity contribution in [1.82, 2.24) is 63.1 Å². The highest BCUT2D eigenvalue weighted by Crippen LogP contribution is 2.43. The second kappa shape index (κ2) is 27.6. The third-order valence-corrected chi connectivity index (χ3v) is 20.4. The van der Waals surface area contributed by atoms with Crippen LogP contribution in [0.3, 0.4) is 0 Å². The third kappa shape index (κ3) is 14.0. The predicted molar refractivity (Wildman–Crippen MR) is 354 cm³/mol. The molecule has 0 aliphatic carbocycles. The summed E-state index contributed by atoms with van der Waals surface area (Å²) in [5.41, 5.74) is 3.39. The Bertz CT molecular complexity index is 5020. The number of piperidine rings is 2. The zero-order valence-electron chi connectivity index (χ0n) is 52.3. The number of fused-ring (bicyclic) bond motifs is 2. The SMILES string of the molecule is COc1cc(-c2cc3c(Cl)ncnc3n2S(=O)(=O)c2ccccc2)ccn1.COc1cc(-c2cc3c(N4CCC(c5nc(-c6ccc(C)cc6)c(C(F)(F)F)[nH]5)CC4)ncnc3n2S(=O)(=O)c2ccccc2)ccn1.Cc1ccc(-c2nc(C3CCNCC3)[nH]c2C(F)(F)F)cc1. The molecule has 500 valence electrons. The molecule has 97 heavy (non-hydrogen) atoms. The second-order valence-electron chi connectivity index (χ2n) is 22.9. The van der Waals surface area contributed by atoms with Crippen molar-refractivity contribution in [2.45, 2.75) is 73.5 Å². The van der Waals surface area contributed by atoms with E-state index in [1.807, 2.05) is 18.7 Å². The highest BCUT2D eigenvalue weighted by atomic mass is 35.5. The predicted octanol–water partition coefficient (Wildman–Crippen LogP) is 14.1. The van der Waals surface area contributed by atoms with Crippen molar-refractivity contribution in [2.75, 3.05) is 45.3 Å². The van der Waals surface area contributed by atoms with E-state index in [4.69, 9.17) is 21.1 Å². The average molecular weight is 1380 g/mol. The number of benzene rings is 4. The minimum absolute atomic E-state index is 0.000956. The molecule has 4 aromatic carbocycles.